The first-order valence-electron chi connectivity index (χ1n) is 13.8. The molecule has 2 aromatic carbocycles. The molecule has 7 N–H and O–H groups in total. The lowest BCUT2D eigenvalue weighted by Crippen LogP contribution is -2.61. The molecule has 41 heavy (non-hydrogen) atoms. The molecule has 0 spiro atoms. The summed E-state index contributed by atoms with van der Waals surface area (Å²) in [6.45, 7) is 0.664. The van der Waals surface area contributed by atoms with Gasteiger partial charge in [-0.05, 0) is 43.4 Å². The lowest BCUT2D eigenvalue weighted by Gasteiger charge is -2.35. The molecule has 4 rings (SSSR count). The second kappa shape index (κ2) is 13.8. The molecule has 0 bridgehead atoms. The molecule has 5 amide bonds. The molecule has 4 atom stereocenters. The van der Waals surface area contributed by atoms with Crippen molar-refractivity contribution in [3.63, 3.8) is 0 Å². The van der Waals surface area contributed by atoms with E-state index in [-0.39, 0.29) is 25.4 Å². The zero-order chi connectivity index (χ0) is 29.4. The molecule has 2 saturated heterocycles. The lowest BCUT2D eigenvalue weighted by atomic mass is 9.98. The Bertz CT molecular complexity index is 1200. The average Bonchev–Trinajstić information content (AvgIpc) is 3.38. The molecule has 2 aliphatic heterocycles. The number of nitrogens with zero attached hydrogens (tertiary/aromatic N) is 1. The molecule has 2 fully saturated rings. The van der Waals surface area contributed by atoms with Crippen LogP contribution in [0.25, 0.3) is 0 Å². The molecule has 218 valence electrons. The van der Waals surface area contributed by atoms with E-state index in [0.29, 0.717) is 25.8 Å². The van der Waals surface area contributed by atoms with Crippen molar-refractivity contribution < 1.29 is 29.1 Å². The third-order valence-electron chi connectivity index (χ3n) is 7.52. The van der Waals surface area contributed by atoms with Crippen LogP contribution in [-0.2, 0) is 19.2 Å². The minimum absolute atomic E-state index is 0.0274. The molecule has 2 heterocycles. The standard InChI is InChI=1S/C29H36N6O6/c30-24(36)14-12-21(26(37)34-25(18-7-3-1-4-8-18)19-9-5-2-6-10-19)32-27(38)23-13-11-20-15-16-31-17-22(33-29(40)41)28(39)35(20)23/h1-10,20-23,25,31,33H,11-17H2,(H2,30,36)(H,32,38)(H,34,37)(H,40,41)/t20-,21?,22+,23+/m1/s1. The van der Waals surface area contributed by atoms with Crippen molar-refractivity contribution in [3.8, 4) is 0 Å². The predicted molar refractivity (Wildman–Crippen MR) is 149 cm³/mol. The van der Waals surface area contributed by atoms with E-state index in [4.69, 9.17) is 5.73 Å². The van der Waals surface area contributed by atoms with Crippen LogP contribution in [0.4, 0.5) is 4.79 Å². The molecule has 2 aliphatic rings. The molecule has 0 radical (unpaired) electrons. The number of carbonyl (C=O) groups excluding carboxylic acids is 4. The van der Waals surface area contributed by atoms with Gasteiger partial charge in [-0.25, -0.2) is 4.79 Å². The van der Waals surface area contributed by atoms with E-state index in [2.05, 4.69) is 21.3 Å². The quantitative estimate of drug-likeness (QED) is 0.245. The van der Waals surface area contributed by atoms with E-state index in [0.717, 1.165) is 11.1 Å². The Balaban J connectivity index is 1.54. The van der Waals surface area contributed by atoms with Crippen LogP contribution in [0.1, 0.15) is 49.3 Å². The Labute approximate surface area is 238 Å². The van der Waals surface area contributed by atoms with Crippen LogP contribution < -0.4 is 27.0 Å². The highest BCUT2D eigenvalue weighted by Gasteiger charge is 2.44. The van der Waals surface area contributed by atoms with Crippen molar-refractivity contribution >= 4 is 29.7 Å². The van der Waals surface area contributed by atoms with Gasteiger partial charge in [0.15, 0.2) is 0 Å². The van der Waals surface area contributed by atoms with Crippen molar-refractivity contribution in [2.24, 2.45) is 5.73 Å². The molecule has 0 saturated carbocycles. The zero-order valence-electron chi connectivity index (χ0n) is 22.6. The normalized spacial score (nSPS) is 21.2. The SMILES string of the molecule is NC(=O)CCC(NC(=O)[C@@H]1CC[C@@H]2CCNC[C@H](NC(=O)O)C(=O)N21)C(=O)NC(c1ccccc1)c1ccccc1. The number of nitrogens with one attached hydrogen (secondary N) is 4. The summed E-state index contributed by atoms with van der Waals surface area (Å²) in [5, 5.41) is 20.3. The molecule has 12 nitrogen and oxygen atoms in total. The number of fused-ring (bicyclic) bond motifs is 1. The summed E-state index contributed by atoms with van der Waals surface area (Å²) in [6, 6.07) is 15.0. The summed E-state index contributed by atoms with van der Waals surface area (Å²) in [5.41, 5.74) is 7.04. The second-order valence-corrected chi connectivity index (χ2v) is 10.3. The van der Waals surface area contributed by atoms with Gasteiger partial charge in [0.2, 0.25) is 23.6 Å². The van der Waals surface area contributed by atoms with Crippen LogP contribution >= 0.6 is 0 Å². The second-order valence-electron chi connectivity index (χ2n) is 10.3. The first-order valence-corrected chi connectivity index (χ1v) is 13.8. The number of amides is 5. The number of carboxylic acid groups (broad SMARTS) is 1. The van der Waals surface area contributed by atoms with Gasteiger partial charge in [-0.2, -0.15) is 0 Å². The Morgan fingerprint density at radius 2 is 1.59 bits per heavy atom. The van der Waals surface area contributed by atoms with Crippen LogP contribution in [-0.4, -0.2) is 77.0 Å². The van der Waals surface area contributed by atoms with Crippen molar-refractivity contribution in [1.29, 1.82) is 0 Å². The third kappa shape index (κ3) is 7.60. The lowest BCUT2D eigenvalue weighted by molar-refractivity contribution is -0.143. The summed E-state index contributed by atoms with van der Waals surface area (Å²) in [4.78, 5) is 65.0. The van der Waals surface area contributed by atoms with E-state index in [9.17, 15) is 29.1 Å². The van der Waals surface area contributed by atoms with Crippen molar-refractivity contribution in [3.05, 3.63) is 71.8 Å². The third-order valence-corrected chi connectivity index (χ3v) is 7.52. The van der Waals surface area contributed by atoms with Crippen molar-refractivity contribution in [1.82, 2.24) is 26.2 Å². The summed E-state index contributed by atoms with van der Waals surface area (Å²) in [5.74, 6) is -2.15. The van der Waals surface area contributed by atoms with E-state index < -0.39 is 53.9 Å². The number of nitrogens with two attached hydrogens (primary N) is 1. The largest absolute Gasteiger partial charge is 0.465 e. The highest BCUT2D eigenvalue weighted by atomic mass is 16.4. The van der Waals surface area contributed by atoms with Gasteiger partial charge >= 0.3 is 6.09 Å². The van der Waals surface area contributed by atoms with Gasteiger partial charge in [-0.1, -0.05) is 60.7 Å². The van der Waals surface area contributed by atoms with E-state index in [1.54, 1.807) is 0 Å². The van der Waals surface area contributed by atoms with Crippen LogP contribution in [0, 0.1) is 0 Å². The molecule has 1 unspecified atom stereocenters. The predicted octanol–water partition coefficient (Wildman–Crippen LogP) is 0.632. The number of hydrogen-bond acceptors (Lipinski definition) is 6. The highest BCUT2D eigenvalue weighted by molar-refractivity contribution is 5.95. The highest BCUT2D eigenvalue weighted by Crippen LogP contribution is 2.29. The molecular formula is C29H36N6O6. The topological polar surface area (TPSA) is 183 Å². The first-order chi connectivity index (χ1) is 19.7. The smallest absolute Gasteiger partial charge is 0.405 e. The van der Waals surface area contributed by atoms with Crippen molar-refractivity contribution in [2.75, 3.05) is 13.1 Å². The first kappa shape index (κ1) is 29.5. The number of carbonyl (C=O) groups is 5. The van der Waals surface area contributed by atoms with E-state index >= 15 is 0 Å². The maximum absolute atomic E-state index is 13.6. The fourth-order valence-electron chi connectivity index (χ4n) is 5.52. The number of hydrogen-bond donors (Lipinski definition) is 6. The van der Waals surface area contributed by atoms with Gasteiger partial charge in [0, 0.05) is 19.0 Å². The van der Waals surface area contributed by atoms with Gasteiger partial charge in [0.25, 0.3) is 0 Å². The van der Waals surface area contributed by atoms with Gasteiger partial charge in [0.1, 0.15) is 18.1 Å². The van der Waals surface area contributed by atoms with Crippen LogP contribution in [0.2, 0.25) is 0 Å². The minimum Gasteiger partial charge on any atom is -0.465 e. The maximum Gasteiger partial charge on any atom is 0.405 e. The molecule has 12 heteroatoms. The Morgan fingerprint density at radius 3 is 2.17 bits per heavy atom. The number of primary amides is 1. The van der Waals surface area contributed by atoms with E-state index in [1.165, 1.54) is 4.90 Å². The summed E-state index contributed by atoms with van der Waals surface area (Å²) >= 11 is 0. The van der Waals surface area contributed by atoms with Crippen LogP contribution in [0.15, 0.2) is 60.7 Å². The zero-order valence-corrected chi connectivity index (χ0v) is 22.6. The monoisotopic (exact) mass is 564 g/mol. The summed E-state index contributed by atoms with van der Waals surface area (Å²) in [6.07, 6.45) is 0.0384. The van der Waals surface area contributed by atoms with Gasteiger partial charge in [-0.15, -0.1) is 0 Å². The number of benzene rings is 2. The molecule has 0 aromatic heterocycles. The van der Waals surface area contributed by atoms with Crippen molar-refractivity contribution in [2.45, 2.75) is 62.3 Å². The Hall–Kier alpha value is -4.45. The summed E-state index contributed by atoms with van der Waals surface area (Å²) < 4.78 is 0. The Kier molecular flexibility index (Phi) is 9.91. The molecular weight excluding hydrogens is 528 g/mol. The summed E-state index contributed by atoms with van der Waals surface area (Å²) in [7, 11) is 0. The molecule has 0 aliphatic carbocycles. The molecule has 2 aromatic rings. The Morgan fingerprint density at radius 1 is 0.951 bits per heavy atom. The van der Waals surface area contributed by atoms with Gasteiger partial charge in [-0.3, -0.25) is 19.2 Å². The fraction of sp³-hybridized carbons (Fsp3) is 0.414. The minimum atomic E-state index is -1.34. The van der Waals surface area contributed by atoms with Crippen LogP contribution in [0.5, 0.6) is 0 Å². The van der Waals surface area contributed by atoms with Gasteiger partial charge in [0.05, 0.1) is 6.04 Å². The van der Waals surface area contributed by atoms with Gasteiger partial charge < -0.3 is 37.0 Å². The van der Waals surface area contributed by atoms with E-state index in [1.807, 2.05) is 60.7 Å². The average molecular weight is 565 g/mol. The van der Waals surface area contributed by atoms with Crippen LogP contribution in [0.3, 0.4) is 0 Å². The number of rotatable bonds is 10. The fourth-order valence-corrected chi connectivity index (χ4v) is 5.52. The maximum atomic E-state index is 13.6.